The van der Waals surface area contributed by atoms with Crippen molar-refractivity contribution in [2.75, 3.05) is 37.6 Å². The van der Waals surface area contributed by atoms with E-state index in [0.29, 0.717) is 10.6 Å². The Morgan fingerprint density at radius 1 is 1.22 bits per heavy atom. The second-order valence-corrected chi connectivity index (χ2v) is 7.34. The molecular formula is C19H21Cl2FN4O. The van der Waals surface area contributed by atoms with E-state index in [2.05, 4.69) is 20.1 Å². The highest BCUT2D eigenvalue weighted by Gasteiger charge is 2.21. The van der Waals surface area contributed by atoms with E-state index in [0.717, 1.165) is 32.0 Å². The minimum atomic E-state index is -0.553. The van der Waals surface area contributed by atoms with Crippen molar-refractivity contribution < 1.29 is 9.18 Å². The Morgan fingerprint density at radius 3 is 2.63 bits per heavy atom. The van der Waals surface area contributed by atoms with E-state index in [4.69, 9.17) is 23.2 Å². The summed E-state index contributed by atoms with van der Waals surface area (Å²) in [7, 11) is 0. The number of pyridine rings is 1. The molecule has 144 valence electrons. The maximum Gasteiger partial charge on any atom is 0.234 e. The van der Waals surface area contributed by atoms with Crippen LogP contribution in [0.4, 0.5) is 10.2 Å². The van der Waals surface area contributed by atoms with Gasteiger partial charge in [0.1, 0.15) is 11.6 Å². The fraction of sp³-hybridized carbons (Fsp3) is 0.368. The maximum absolute atomic E-state index is 13.7. The summed E-state index contributed by atoms with van der Waals surface area (Å²) >= 11 is 11.8. The summed E-state index contributed by atoms with van der Waals surface area (Å²) < 4.78 is 13.7. The standard InChI is InChI=1S/C19H21Cl2FN4O/c1-13(14-10-17(22)16(21)11-15(14)20)24-19(27)12-25-6-8-26(9-7-25)18-4-2-3-5-23-18/h2-5,10-11,13H,6-9,12H2,1H3,(H,24,27). The lowest BCUT2D eigenvalue weighted by Gasteiger charge is -2.35. The minimum Gasteiger partial charge on any atom is -0.354 e. The van der Waals surface area contributed by atoms with E-state index in [-0.39, 0.29) is 17.5 Å². The average Bonchev–Trinajstić information content (AvgIpc) is 2.66. The second-order valence-electron chi connectivity index (χ2n) is 6.53. The quantitative estimate of drug-likeness (QED) is 0.765. The van der Waals surface area contributed by atoms with Crippen molar-refractivity contribution in [3.63, 3.8) is 0 Å². The molecule has 1 aromatic carbocycles. The van der Waals surface area contributed by atoms with Crippen molar-refractivity contribution in [1.82, 2.24) is 15.2 Å². The number of aromatic nitrogens is 1. The molecule has 1 unspecified atom stereocenters. The highest BCUT2D eigenvalue weighted by atomic mass is 35.5. The van der Waals surface area contributed by atoms with Crippen LogP contribution in [-0.2, 0) is 4.79 Å². The predicted octanol–water partition coefficient (Wildman–Crippen LogP) is 3.53. The lowest BCUT2D eigenvalue weighted by molar-refractivity contribution is -0.123. The highest BCUT2D eigenvalue weighted by Crippen LogP contribution is 2.28. The number of hydrogen-bond donors (Lipinski definition) is 1. The van der Waals surface area contributed by atoms with Gasteiger partial charge in [-0.15, -0.1) is 0 Å². The minimum absolute atomic E-state index is 0.0342. The summed E-state index contributed by atoms with van der Waals surface area (Å²) in [5.41, 5.74) is 0.506. The van der Waals surface area contributed by atoms with Crippen LogP contribution in [0.1, 0.15) is 18.5 Å². The maximum atomic E-state index is 13.7. The van der Waals surface area contributed by atoms with Crippen LogP contribution < -0.4 is 10.2 Å². The monoisotopic (exact) mass is 410 g/mol. The second kappa shape index (κ2) is 8.87. The van der Waals surface area contributed by atoms with Crippen molar-refractivity contribution in [3.8, 4) is 0 Å². The third-order valence-electron chi connectivity index (χ3n) is 4.60. The molecule has 1 N–H and O–H groups in total. The van der Waals surface area contributed by atoms with Crippen molar-refractivity contribution in [2.45, 2.75) is 13.0 Å². The summed E-state index contributed by atoms with van der Waals surface area (Å²) in [6, 6.07) is 8.05. The van der Waals surface area contributed by atoms with Gasteiger partial charge in [0, 0.05) is 37.4 Å². The Kier molecular flexibility index (Phi) is 6.52. The molecule has 1 aliphatic heterocycles. The number of piperazine rings is 1. The van der Waals surface area contributed by atoms with Gasteiger partial charge in [0.25, 0.3) is 0 Å². The van der Waals surface area contributed by atoms with E-state index < -0.39 is 11.9 Å². The molecule has 0 saturated carbocycles. The number of anilines is 1. The van der Waals surface area contributed by atoms with E-state index in [9.17, 15) is 9.18 Å². The number of amides is 1. The number of carbonyl (C=O) groups excluding carboxylic acids is 1. The smallest absolute Gasteiger partial charge is 0.234 e. The molecular weight excluding hydrogens is 390 g/mol. The molecule has 1 aliphatic rings. The molecule has 0 radical (unpaired) electrons. The topological polar surface area (TPSA) is 48.5 Å². The third-order valence-corrected chi connectivity index (χ3v) is 5.21. The first-order chi connectivity index (χ1) is 12.9. The summed E-state index contributed by atoms with van der Waals surface area (Å²) in [5.74, 6) is 0.276. The summed E-state index contributed by atoms with van der Waals surface area (Å²) in [5, 5.41) is 3.17. The van der Waals surface area contributed by atoms with Gasteiger partial charge in [-0.3, -0.25) is 9.69 Å². The molecule has 27 heavy (non-hydrogen) atoms. The van der Waals surface area contributed by atoms with Crippen molar-refractivity contribution in [1.29, 1.82) is 0 Å². The number of rotatable bonds is 5. The third kappa shape index (κ3) is 5.09. The van der Waals surface area contributed by atoms with Gasteiger partial charge in [-0.05, 0) is 36.8 Å². The van der Waals surface area contributed by atoms with Gasteiger partial charge in [-0.25, -0.2) is 9.37 Å². The fourth-order valence-electron chi connectivity index (χ4n) is 3.11. The highest BCUT2D eigenvalue weighted by molar-refractivity contribution is 6.35. The Balaban J connectivity index is 1.51. The zero-order valence-corrected chi connectivity index (χ0v) is 16.5. The molecule has 1 fully saturated rings. The van der Waals surface area contributed by atoms with Gasteiger partial charge in [0.05, 0.1) is 17.6 Å². The Labute approximate surface area is 168 Å². The molecule has 5 nitrogen and oxygen atoms in total. The van der Waals surface area contributed by atoms with Crippen LogP contribution in [0.5, 0.6) is 0 Å². The summed E-state index contributed by atoms with van der Waals surface area (Å²) in [4.78, 5) is 21.0. The Morgan fingerprint density at radius 2 is 1.96 bits per heavy atom. The van der Waals surface area contributed by atoms with Gasteiger partial charge in [0.2, 0.25) is 5.91 Å². The molecule has 1 amide bonds. The van der Waals surface area contributed by atoms with Crippen LogP contribution in [0.3, 0.4) is 0 Å². The van der Waals surface area contributed by atoms with Crippen LogP contribution >= 0.6 is 23.2 Å². The molecule has 2 heterocycles. The van der Waals surface area contributed by atoms with Gasteiger partial charge in [-0.1, -0.05) is 29.3 Å². The molecule has 1 saturated heterocycles. The zero-order valence-electron chi connectivity index (χ0n) is 15.0. The predicted molar refractivity (Wildman–Crippen MR) is 106 cm³/mol. The number of nitrogens with one attached hydrogen (secondary N) is 1. The average molecular weight is 411 g/mol. The van der Waals surface area contributed by atoms with Crippen molar-refractivity contribution in [2.24, 2.45) is 0 Å². The van der Waals surface area contributed by atoms with Crippen LogP contribution in [-0.4, -0.2) is 48.5 Å². The van der Waals surface area contributed by atoms with Gasteiger partial charge in [0.15, 0.2) is 0 Å². The van der Waals surface area contributed by atoms with Crippen LogP contribution in [0.2, 0.25) is 10.0 Å². The van der Waals surface area contributed by atoms with Crippen molar-refractivity contribution in [3.05, 3.63) is 58.0 Å². The molecule has 1 atom stereocenters. The number of carbonyl (C=O) groups is 1. The van der Waals surface area contributed by atoms with E-state index >= 15 is 0 Å². The van der Waals surface area contributed by atoms with Gasteiger partial charge < -0.3 is 10.2 Å². The van der Waals surface area contributed by atoms with Gasteiger partial charge >= 0.3 is 0 Å². The molecule has 0 bridgehead atoms. The van der Waals surface area contributed by atoms with Crippen LogP contribution in [0.15, 0.2) is 36.5 Å². The van der Waals surface area contributed by atoms with Crippen LogP contribution in [0, 0.1) is 5.82 Å². The molecule has 0 spiro atoms. The fourth-order valence-corrected chi connectivity index (χ4v) is 3.66. The molecule has 8 heteroatoms. The van der Waals surface area contributed by atoms with E-state index in [1.54, 1.807) is 13.1 Å². The zero-order chi connectivity index (χ0) is 19.4. The molecule has 1 aromatic heterocycles. The lowest BCUT2D eigenvalue weighted by Crippen LogP contribution is -2.49. The van der Waals surface area contributed by atoms with E-state index in [1.165, 1.54) is 12.1 Å². The summed E-state index contributed by atoms with van der Waals surface area (Å²) in [6.45, 7) is 5.23. The van der Waals surface area contributed by atoms with Crippen molar-refractivity contribution >= 4 is 34.9 Å². The first-order valence-corrected chi connectivity index (χ1v) is 9.52. The van der Waals surface area contributed by atoms with E-state index in [1.807, 2.05) is 18.2 Å². The first kappa shape index (κ1) is 19.9. The molecule has 2 aromatic rings. The normalized spacial score (nSPS) is 16.2. The Bertz CT molecular complexity index is 798. The molecule has 3 rings (SSSR count). The largest absolute Gasteiger partial charge is 0.354 e. The number of halogens is 3. The van der Waals surface area contributed by atoms with Crippen LogP contribution in [0.25, 0.3) is 0 Å². The van der Waals surface area contributed by atoms with Gasteiger partial charge in [-0.2, -0.15) is 0 Å². The number of benzene rings is 1. The number of nitrogens with zero attached hydrogens (tertiary/aromatic N) is 3. The molecule has 0 aliphatic carbocycles. The SMILES string of the molecule is CC(NC(=O)CN1CCN(c2ccccn2)CC1)c1cc(F)c(Cl)cc1Cl. The Hall–Kier alpha value is -1.89. The number of hydrogen-bond acceptors (Lipinski definition) is 4. The lowest BCUT2D eigenvalue weighted by atomic mass is 10.1. The first-order valence-electron chi connectivity index (χ1n) is 8.76. The summed E-state index contributed by atoms with van der Waals surface area (Å²) in [6.07, 6.45) is 1.78.